The number of nitrogens with zero attached hydrogens (tertiary/aromatic N) is 3. The van der Waals surface area contributed by atoms with E-state index in [-0.39, 0.29) is 12.0 Å². The quantitative estimate of drug-likeness (QED) is 0.164. The van der Waals surface area contributed by atoms with Crippen LogP contribution in [0.1, 0.15) is 46.2 Å². The van der Waals surface area contributed by atoms with Crippen molar-refractivity contribution in [2.24, 2.45) is 4.99 Å². The Hall–Kier alpha value is -6.00. The lowest BCUT2D eigenvalue weighted by Gasteiger charge is -2.30. The summed E-state index contributed by atoms with van der Waals surface area (Å²) in [7, 11) is 0. The zero-order valence-corrected chi connectivity index (χ0v) is 28.1. The average molecular weight is 645 g/mol. The van der Waals surface area contributed by atoms with E-state index in [4.69, 9.17) is 9.41 Å². The molecule has 4 nitrogen and oxygen atoms in total. The average Bonchev–Trinajstić information content (AvgIpc) is 3.78. The number of furan rings is 1. The van der Waals surface area contributed by atoms with Crippen LogP contribution in [0.3, 0.4) is 0 Å². The van der Waals surface area contributed by atoms with Gasteiger partial charge in [-0.1, -0.05) is 55.6 Å². The van der Waals surface area contributed by atoms with Gasteiger partial charge in [0, 0.05) is 61.6 Å². The Balaban J connectivity index is 1.20. The molecule has 2 aliphatic rings. The van der Waals surface area contributed by atoms with E-state index < -0.39 is 0 Å². The summed E-state index contributed by atoms with van der Waals surface area (Å²) in [6.07, 6.45) is 6.00. The van der Waals surface area contributed by atoms with Crippen LogP contribution in [0, 0.1) is 13.8 Å². The van der Waals surface area contributed by atoms with Crippen molar-refractivity contribution in [1.82, 2.24) is 4.40 Å². The van der Waals surface area contributed by atoms with Crippen molar-refractivity contribution in [2.45, 2.75) is 38.6 Å². The molecule has 0 saturated heterocycles. The number of para-hydroxylation sites is 1. The lowest BCUT2D eigenvalue weighted by atomic mass is 9.78. The molecule has 0 saturated carbocycles. The first-order valence-corrected chi connectivity index (χ1v) is 17.6. The first-order valence-electron chi connectivity index (χ1n) is 17.6. The van der Waals surface area contributed by atoms with Crippen LogP contribution < -0.4 is 4.57 Å². The Morgan fingerprint density at radius 3 is 2.40 bits per heavy atom. The summed E-state index contributed by atoms with van der Waals surface area (Å²) in [6.45, 7) is 13.4. The lowest BCUT2D eigenvalue weighted by Crippen LogP contribution is -2.48. The predicted molar refractivity (Wildman–Crippen MR) is 206 cm³/mol. The molecule has 0 radical (unpaired) electrons. The highest BCUT2D eigenvalue weighted by Gasteiger charge is 2.42. The minimum Gasteiger partial charge on any atom is -0.456 e. The third kappa shape index (κ3) is 3.50. The van der Waals surface area contributed by atoms with Crippen LogP contribution >= 0.6 is 0 Å². The molecule has 0 amide bonds. The van der Waals surface area contributed by atoms with Crippen LogP contribution in [0.25, 0.3) is 71.3 Å². The van der Waals surface area contributed by atoms with E-state index in [0.717, 1.165) is 51.8 Å². The molecule has 11 rings (SSSR count). The molecule has 0 aliphatic carbocycles. The molecule has 4 heteroatoms. The molecular weight excluding hydrogens is 611 g/mol. The summed E-state index contributed by atoms with van der Waals surface area (Å²) >= 11 is 0. The predicted octanol–water partition coefficient (Wildman–Crippen LogP) is 11.1. The molecule has 0 fully saturated rings. The van der Waals surface area contributed by atoms with Gasteiger partial charge in [-0.15, -0.1) is 0 Å². The largest absolute Gasteiger partial charge is 0.456 e. The molecule has 2 unspecified atom stereocenters. The smallest absolute Gasteiger partial charge is 0.213 e. The molecule has 4 aromatic heterocycles. The Labute approximate surface area is 289 Å². The summed E-state index contributed by atoms with van der Waals surface area (Å²) in [4.78, 5) is 5.33. The second-order valence-corrected chi connectivity index (χ2v) is 14.3. The van der Waals surface area contributed by atoms with Crippen molar-refractivity contribution in [3.05, 3.63) is 156 Å². The number of hydrogen-bond donors (Lipinski definition) is 0. The van der Waals surface area contributed by atoms with Gasteiger partial charge >= 0.3 is 0 Å². The molecule has 9 aromatic rings. The molecule has 6 heterocycles. The van der Waals surface area contributed by atoms with Crippen LogP contribution in [0.2, 0.25) is 0 Å². The van der Waals surface area contributed by atoms with E-state index in [1.165, 1.54) is 71.6 Å². The lowest BCUT2D eigenvalue weighted by molar-refractivity contribution is -0.709. The van der Waals surface area contributed by atoms with Crippen molar-refractivity contribution in [3.63, 3.8) is 0 Å². The van der Waals surface area contributed by atoms with E-state index in [9.17, 15) is 0 Å². The van der Waals surface area contributed by atoms with Crippen molar-refractivity contribution < 1.29 is 8.98 Å². The van der Waals surface area contributed by atoms with E-state index in [2.05, 4.69) is 133 Å². The number of hydrogen-bond acceptors (Lipinski definition) is 2. The number of aliphatic imine (C=N–C) groups is 1. The molecule has 50 heavy (non-hydrogen) atoms. The number of fused-ring (bicyclic) bond motifs is 16. The molecule has 2 aliphatic heterocycles. The number of rotatable bonds is 1. The molecular formula is C46H34N3O+. The molecule has 0 N–H and O–H groups in total. The Morgan fingerprint density at radius 1 is 0.780 bits per heavy atom. The van der Waals surface area contributed by atoms with Crippen molar-refractivity contribution in [3.8, 4) is 11.3 Å². The van der Waals surface area contributed by atoms with Crippen molar-refractivity contribution in [1.29, 1.82) is 0 Å². The van der Waals surface area contributed by atoms with Crippen LogP contribution in [-0.2, 0) is 6.42 Å². The highest BCUT2D eigenvalue weighted by molar-refractivity contribution is 6.28. The summed E-state index contributed by atoms with van der Waals surface area (Å²) in [5.74, 6) is 0.232. The Bertz CT molecular complexity index is 3010. The van der Waals surface area contributed by atoms with E-state index >= 15 is 0 Å². The molecule has 0 bridgehead atoms. The number of aromatic nitrogens is 2. The van der Waals surface area contributed by atoms with E-state index in [1.807, 2.05) is 12.1 Å². The van der Waals surface area contributed by atoms with Crippen molar-refractivity contribution >= 4 is 65.7 Å². The Kier molecular flexibility index (Phi) is 5.47. The fourth-order valence-corrected chi connectivity index (χ4v) is 9.65. The SMILES string of the molecule is C=C/C1=N/C(=C)C2C(CCc3cc4c(cc31)c1c(C)cc(C)c3c5cc6c(cc5n4c13)oc1ccccc16)c1ccccc1-c1cccc[n+]12. The summed E-state index contributed by atoms with van der Waals surface area (Å²) in [5, 5.41) is 7.46. The number of allylic oxidation sites excluding steroid dienone is 2. The monoisotopic (exact) mass is 644 g/mol. The van der Waals surface area contributed by atoms with Gasteiger partial charge in [0.05, 0.1) is 28.2 Å². The second-order valence-electron chi connectivity index (χ2n) is 14.3. The highest BCUT2D eigenvalue weighted by atomic mass is 16.3. The van der Waals surface area contributed by atoms with Crippen LogP contribution in [0.15, 0.2) is 138 Å². The molecule has 5 aromatic carbocycles. The van der Waals surface area contributed by atoms with E-state index in [1.54, 1.807) is 0 Å². The molecule has 238 valence electrons. The van der Waals surface area contributed by atoms with Crippen LogP contribution in [0.4, 0.5) is 0 Å². The maximum Gasteiger partial charge on any atom is 0.213 e. The minimum atomic E-state index is 0.0161. The highest BCUT2D eigenvalue weighted by Crippen LogP contribution is 2.47. The number of pyridine rings is 1. The summed E-state index contributed by atoms with van der Waals surface area (Å²) < 4.78 is 11.3. The summed E-state index contributed by atoms with van der Waals surface area (Å²) in [6, 6.07) is 35.5. The van der Waals surface area contributed by atoms with Gasteiger partial charge in [-0.25, -0.2) is 4.99 Å². The second kappa shape index (κ2) is 9.79. The summed E-state index contributed by atoms with van der Waals surface area (Å²) in [5.41, 5.74) is 16.2. The van der Waals surface area contributed by atoms with Gasteiger partial charge in [0.1, 0.15) is 16.9 Å². The standard InChI is InChI=1S/C46H34N3O/c1-5-37-33-22-35-39(21-28(33)17-18-32-29-12-6-7-13-30(29)38-15-10-11-19-48(38)45(32)27(4)47-37)49-40-24-42-34(31-14-8-9-16-41(31)50-42)23-36(40)44-26(3)20-25(2)43(35)46(44)49/h5-16,19-24,32,45H,1,4,17-18H2,2-3H3/q+1/b47-37-. The maximum atomic E-state index is 6.44. The first-order chi connectivity index (χ1) is 24.5. The first kappa shape index (κ1) is 27.9. The van der Waals surface area contributed by atoms with Gasteiger partial charge in [0.15, 0.2) is 6.20 Å². The minimum absolute atomic E-state index is 0.0161. The molecule has 2 atom stereocenters. The fourth-order valence-electron chi connectivity index (χ4n) is 9.65. The number of aryl methyl sites for hydroxylation is 3. The van der Waals surface area contributed by atoms with Crippen LogP contribution in [0.5, 0.6) is 0 Å². The van der Waals surface area contributed by atoms with Gasteiger partial charge in [-0.05, 0) is 91.4 Å². The van der Waals surface area contributed by atoms with E-state index in [0.29, 0.717) is 0 Å². The van der Waals surface area contributed by atoms with Gasteiger partial charge in [0.25, 0.3) is 0 Å². The zero-order chi connectivity index (χ0) is 33.4. The topological polar surface area (TPSA) is 33.8 Å². The Morgan fingerprint density at radius 2 is 1.54 bits per heavy atom. The molecule has 0 spiro atoms. The van der Waals surface area contributed by atoms with Gasteiger partial charge < -0.3 is 8.82 Å². The number of benzene rings is 5. The maximum absolute atomic E-state index is 6.44. The zero-order valence-electron chi connectivity index (χ0n) is 28.1. The van der Waals surface area contributed by atoms with Crippen molar-refractivity contribution in [2.75, 3.05) is 0 Å². The fraction of sp³-hybridized carbons (Fsp3) is 0.130. The van der Waals surface area contributed by atoms with Crippen LogP contribution in [-0.4, -0.2) is 10.1 Å². The van der Waals surface area contributed by atoms with Gasteiger partial charge in [-0.2, -0.15) is 4.57 Å². The van der Waals surface area contributed by atoms with Gasteiger partial charge in [0.2, 0.25) is 11.7 Å². The third-order valence-electron chi connectivity index (χ3n) is 11.7. The third-order valence-corrected chi connectivity index (χ3v) is 11.7. The van der Waals surface area contributed by atoms with Gasteiger partial charge in [-0.3, -0.25) is 0 Å². The normalized spacial score (nSPS) is 18.5.